The standard InChI is InChI=1S/C24H29N3O2/c1-24(2,3)29-23(28)13-8-19-4-9-21(10-5-19)26-14-16-27(17-15-26)22-11-6-20(18-25)7-12-22/h4-7,9-12H,8,13-17H2,1-3H3. The van der Waals surface area contributed by atoms with E-state index >= 15 is 0 Å². The molecule has 0 saturated carbocycles. The zero-order valence-electron chi connectivity index (χ0n) is 17.5. The summed E-state index contributed by atoms with van der Waals surface area (Å²) in [6, 6.07) is 18.4. The van der Waals surface area contributed by atoms with Gasteiger partial charge in [-0.15, -0.1) is 0 Å². The van der Waals surface area contributed by atoms with E-state index in [2.05, 4.69) is 40.1 Å². The third-order valence-electron chi connectivity index (χ3n) is 4.98. The minimum absolute atomic E-state index is 0.152. The van der Waals surface area contributed by atoms with Crippen molar-refractivity contribution in [2.24, 2.45) is 0 Å². The van der Waals surface area contributed by atoms with Crippen molar-refractivity contribution in [2.45, 2.75) is 39.2 Å². The molecule has 5 nitrogen and oxygen atoms in total. The Labute approximate surface area is 173 Å². The van der Waals surface area contributed by atoms with E-state index in [1.807, 2.05) is 45.0 Å². The highest BCUT2D eigenvalue weighted by Gasteiger charge is 2.18. The van der Waals surface area contributed by atoms with Crippen molar-refractivity contribution in [3.8, 4) is 6.07 Å². The Morgan fingerprint density at radius 3 is 1.86 bits per heavy atom. The fraction of sp³-hybridized carbons (Fsp3) is 0.417. The fourth-order valence-corrected chi connectivity index (χ4v) is 3.48. The van der Waals surface area contributed by atoms with Crippen molar-refractivity contribution in [1.29, 1.82) is 5.26 Å². The Morgan fingerprint density at radius 2 is 1.41 bits per heavy atom. The number of nitrogens with zero attached hydrogens (tertiary/aromatic N) is 3. The third kappa shape index (κ3) is 5.99. The number of rotatable bonds is 5. The molecule has 0 aromatic heterocycles. The number of hydrogen-bond donors (Lipinski definition) is 0. The first kappa shape index (κ1) is 20.7. The Morgan fingerprint density at radius 1 is 0.931 bits per heavy atom. The normalized spacial score (nSPS) is 14.4. The Balaban J connectivity index is 1.49. The zero-order chi connectivity index (χ0) is 20.9. The molecule has 0 N–H and O–H groups in total. The lowest BCUT2D eigenvalue weighted by Crippen LogP contribution is -2.46. The summed E-state index contributed by atoms with van der Waals surface area (Å²) in [5.41, 5.74) is 3.79. The van der Waals surface area contributed by atoms with Crippen LogP contribution in [0, 0.1) is 11.3 Å². The summed E-state index contributed by atoms with van der Waals surface area (Å²) in [7, 11) is 0. The zero-order valence-corrected chi connectivity index (χ0v) is 17.5. The van der Waals surface area contributed by atoms with E-state index in [4.69, 9.17) is 10.00 Å². The number of nitriles is 1. The monoisotopic (exact) mass is 391 g/mol. The molecule has 2 aromatic carbocycles. The first-order chi connectivity index (χ1) is 13.8. The van der Waals surface area contributed by atoms with Crippen LogP contribution in [0.25, 0.3) is 0 Å². The summed E-state index contributed by atoms with van der Waals surface area (Å²) >= 11 is 0. The summed E-state index contributed by atoms with van der Waals surface area (Å²) in [6.07, 6.45) is 1.10. The summed E-state index contributed by atoms with van der Waals surface area (Å²) < 4.78 is 5.37. The molecule has 152 valence electrons. The molecule has 2 aromatic rings. The molecule has 3 rings (SSSR count). The van der Waals surface area contributed by atoms with Crippen molar-refractivity contribution in [3.05, 3.63) is 59.7 Å². The van der Waals surface area contributed by atoms with E-state index in [1.165, 1.54) is 11.4 Å². The maximum atomic E-state index is 11.9. The van der Waals surface area contributed by atoms with Crippen molar-refractivity contribution in [1.82, 2.24) is 0 Å². The highest BCUT2D eigenvalue weighted by molar-refractivity contribution is 5.70. The molecule has 1 fully saturated rings. The topological polar surface area (TPSA) is 56.6 Å². The largest absolute Gasteiger partial charge is 0.460 e. The molecule has 0 aliphatic carbocycles. The molecular weight excluding hydrogens is 362 g/mol. The first-order valence-corrected chi connectivity index (χ1v) is 10.1. The maximum absolute atomic E-state index is 11.9. The molecule has 29 heavy (non-hydrogen) atoms. The number of hydrogen-bond acceptors (Lipinski definition) is 5. The van der Waals surface area contributed by atoms with Crippen LogP contribution in [0.5, 0.6) is 0 Å². The quantitative estimate of drug-likeness (QED) is 0.717. The molecule has 1 heterocycles. The van der Waals surface area contributed by atoms with Crippen LogP contribution in [-0.4, -0.2) is 37.7 Å². The Kier molecular flexibility index (Phi) is 6.43. The second-order valence-corrected chi connectivity index (χ2v) is 8.39. The van der Waals surface area contributed by atoms with Crippen LogP contribution in [-0.2, 0) is 16.0 Å². The van der Waals surface area contributed by atoms with E-state index in [0.717, 1.165) is 31.7 Å². The van der Waals surface area contributed by atoms with Gasteiger partial charge in [0.15, 0.2) is 0 Å². The van der Waals surface area contributed by atoms with Crippen LogP contribution in [0.2, 0.25) is 0 Å². The van der Waals surface area contributed by atoms with Gasteiger partial charge < -0.3 is 14.5 Å². The van der Waals surface area contributed by atoms with Crippen molar-refractivity contribution in [2.75, 3.05) is 36.0 Å². The summed E-state index contributed by atoms with van der Waals surface area (Å²) in [5.74, 6) is -0.152. The molecule has 0 atom stereocenters. The number of piperazine rings is 1. The van der Waals surface area contributed by atoms with Crippen LogP contribution < -0.4 is 9.80 Å². The molecule has 1 aliphatic heterocycles. The highest BCUT2D eigenvalue weighted by Crippen LogP contribution is 2.22. The number of carbonyl (C=O) groups excluding carboxylic acids is 1. The van der Waals surface area contributed by atoms with E-state index < -0.39 is 5.60 Å². The average molecular weight is 392 g/mol. The predicted molar refractivity (Wildman–Crippen MR) is 116 cm³/mol. The van der Waals surface area contributed by atoms with Crippen LogP contribution in [0.3, 0.4) is 0 Å². The second kappa shape index (κ2) is 9.00. The summed E-state index contributed by atoms with van der Waals surface area (Å²) in [4.78, 5) is 16.6. The van der Waals surface area contributed by atoms with Gasteiger partial charge in [-0.2, -0.15) is 5.26 Å². The predicted octanol–water partition coefficient (Wildman–Crippen LogP) is 4.16. The number of anilines is 2. The van der Waals surface area contributed by atoms with Gasteiger partial charge in [0.1, 0.15) is 5.60 Å². The van der Waals surface area contributed by atoms with Gasteiger partial charge in [0.2, 0.25) is 0 Å². The molecule has 0 bridgehead atoms. The van der Waals surface area contributed by atoms with Gasteiger partial charge in [-0.1, -0.05) is 12.1 Å². The minimum atomic E-state index is -0.430. The van der Waals surface area contributed by atoms with Gasteiger partial charge in [0.05, 0.1) is 11.6 Å². The fourth-order valence-electron chi connectivity index (χ4n) is 3.48. The first-order valence-electron chi connectivity index (χ1n) is 10.1. The molecule has 0 unspecified atom stereocenters. The molecule has 1 saturated heterocycles. The number of esters is 1. The second-order valence-electron chi connectivity index (χ2n) is 8.39. The Bertz CT molecular complexity index is 853. The molecule has 0 spiro atoms. The summed E-state index contributed by atoms with van der Waals surface area (Å²) in [6.45, 7) is 9.48. The molecular formula is C24H29N3O2. The third-order valence-corrected chi connectivity index (χ3v) is 4.98. The van der Waals surface area contributed by atoms with Crippen LogP contribution >= 0.6 is 0 Å². The number of ether oxygens (including phenoxy) is 1. The lowest BCUT2D eigenvalue weighted by Gasteiger charge is -2.37. The number of benzene rings is 2. The van der Waals surface area contributed by atoms with Crippen LogP contribution in [0.1, 0.15) is 38.3 Å². The van der Waals surface area contributed by atoms with E-state index in [9.17, 15) is 4.79 Å². The van der Waals surface area contributed by atoms with Crippen molar-refractivity contribution in [3.63, 3.8) is 0 Å². The highest BCUT2D eigenvalue weighted by atomic mass is 16.6. The number of carbonyl (C=O) groups is 1. The van der Waals surface area contributed by atoms with Gasteiger partial charge >= 0.3 is 5.97 Å². The Hall–Kier alpha value is -3.00. The number of aryl methyl sites for hydroxylation is 1. The minimum Gasteiger partial charge on any atom is -0.460 e. The molecule has 0 amide bonds. The maximum Gasteiger partial charge on any atom is 0.306 e. The van der Waals surface area contributed by atoms with Crippen molar-refractivity contribution < 1.29 is 9.53 Å². The van der Waals surface area contributed by atoms with Gasteiger partial charge in [-0.25, -0.2) is 0 Å². The summed E-state index contributed by atoms with van der Waals surface area (Å²) in [5, 5.41) is 8.93. The molecule has 5 heteroatoms. The SMILES string of the molecule is CC(C)(C)OC(=O)CCc1ccc(N2CCN(c3ccc(C#N)cc3)CC2)cc1. The van der Waals surface area contributed by atoms with E-state index in [0.29, 0.717) is 18.4 Å². The van der Waals surface area contributed by atoms with Crippen molar-refractivity contribution >= 4 is 17.3 Å². The van der Waals surface area contributed by atoms with Gasteiger partial charge in [0, 0.05) is 44.0 Å². The average Bonchev–Trinajstić information content (AvgIpc) is 2.72. The molecule has 1 aliphatic rings. The lowest BCUT2D eigenvalue weighted by molar-refractivity contribution is -0.154. The van der Waals surface area contributed by atoms with Gasteiger partial charge in [0.25, 0.3) is 0 Å². The van der Waals surface area contributed by atoms with Gasteiger partial charge in [-0.3, -0.25) is 4.79 Å². The van der Waals surface area contributed by atoms with Crippen LogP contribution in [0.4, 0.5) is 11.4 Å². The molecule has 0 radical (unpaired) electrons. The lowest BCUT2D eigenvalue weighted by atomic mass is 10.1. The van der Waals surface area contributed by atoms with E-state index in [-0.39, 0.29) is 5.97 Å². The smallest absolute Gasteiger partial charge is 0.306 e. The van der Waals surface area contributed by atoms with Gasteiger partial charge in [-0.05, 0) is 69.2 Å². The van der Waals surface area contributed by atoms with Crippen LogP contribution in [0.15, 0.2) is 48.5 Å². The van der Waals surface area contributed by atoms with E-state index in [1.54, 1.807) is 0 Å².